The minimum atomic E-state index is -3.23. The van der Waals surface area contributed by atoms with E-state index in [4.69, 9.17) is 4.74 Å². The van der Waals surface area contributed by atoms with Crippen molar-refractivity contribution >= 4 is 15.7 Å². The molecule has 6 heteroatoms. The van der Waals surface area contributed by atoms with Crippen molar-refractivity contribution in [2.75, 3.05) is 19.4 Å². The lowest BCUT2D eigenvalue weighted by molar-refractivity contribution is -0.128. The fourth-order valence-corrected chi connectivity index (χ4v) is 4.63. The van der Waals surface area contributed by atoms with E-state index in [1.807, 2.05) is 12.1 Å². The van der Waals surface area contributed by atoms with Crippen LogP contribution in [0.25, 0.3) is 0 Å². The van der Waals surface area contributed by atoms with Crippen LogP contribution < -0.4 is 5.32 Å². The van der Waals surface area contributed by atoms with Crippen LogP contribution in [-0.4, -0.2) is 39.8 Å². The first-order valence-electron chi connectivity index (χ1n) is 9.12. The predicted molar refractivity (Wildman–Crippen MR) is 96.3 cm³/mol. The van der Waals surface area contributed by atoms with E-state index in [-0.39, 0.29) is 12.0 Å². The topological polar surface area (TPSA) is 72.5 Å². The summed E-state index contributed by atoms with van der Waals surface area (Å²) in [5.74, 6) is 0.0507. The van der Waals surface area contributed by atoms with Crippen LogP contribution in [0.4, 0.5) is 0 Å². The highest BCUT2D eigenvalue weighted by atomic mass is 32.2. The van der Waals surface area contributed by atoms with E-state index in [0.717, 1.165) is 57.1 Å². The second-order valence-corrected chi connectivity index (χ2v) is 9.30. The molecule has 5 nitrogen and oxygen atoms in total. The molecule has 138 valence electrons. The van der Waals surface area contributed by atoms with Gasteiger partial charge in [0.1, 0.15) is 0 Å². The summed E-state index contributed by atoms with van der Waals surface area (Å²) in [5.41, 5.74) is 0.372. The number of carbonyl (C=O) groups excluding carboxylic acids is 1. The molecular formula is C19H27NO4S. The van der Waals surface area contributed by atoms with Crippen LogP contribution in [0.1, 0.15) is 50.5 Å². The van der Waals surface area contributed by atoms with Gasteiger partial charge in [-0.25, -0.2) is 8.42 Å². The zero-order valence-electron chi connectivity index (χ0n) is 14.8. The van der Waals surface area contributed by atoms with Crippen molar-refractivity contribution in [3.63, 3.8) is 0 Å². The Morgan fingerprint density at radius 3 is 2.40 bits per heavy atom. The SMILES string of the molecule is CS(=O)(=O)c1ccc(C2(C(=O)NC[C@H]3CCCO3)CCCCC2)cc1. The fraction of sp³-hybridized carbons (Fsp3) is 0.632. The van der Waals surface area contributed by atoms with Crippen molar-refractivity contribution in [3.05, 3.63) is 29.8 Å². The van der Waals surface area contributed by atoms with E-state index < -0.39 is 15.3 Å². The van der Waals surface area contributed by atoms with Crippen LogP contribution in [-0.2, 0) is 24.8 Å². The molecule has 0 aromatic heterocycles. The van der Waals surface area contributed by atoms with Crippen LogP contribution in [0, 0.1) is 0 Å². The summed E-state index contributed by atoms with van der Waals surface area (Å²) in [5, 5.41) is 3.10. The molecule has 25 heavy (non-hydrogen) atoms. The second kappa shape index (κ2) is 7.46. The molecule has 1 aliphatic carbocycles. The van der Waals surface area contributed by atoms with Crippen molar-refractivity contribution in [2.45, 2.75) is 61.4 Å². The molecule has 0 spiro atoms. The van der Waals surface area contributed by atoms with Gasteiger partial charge < -0.3 is 10.1 Å². The summed E-state index contributed by atoms with van der Waals surface area (Å²) in [4.78, 5) is 13.4. The van der Waals surface area contributed by atoms with E-state index in [1.165, 1.54) is 6.26 Å². The summed E-state index contributed by atoms with van der Waals surface area (Å²) >= 11 is 0. The Hall–Kier alpha value is -1.40. The normalized spacial score (nSPS) is 23.3. The number of nitrogens with one attached hydrogen (secondary N) is 1. The smallest absolute Gasteiger partial charge is 0.230 e. The number of hydrogen-bond donors (Lipinski definition) is 1. The molecule has 1 atom stereocenters. The maximum atomic E-state index is 13.1. The summed E-state index contributed by atoms with van der Waals surface area (Å²) in [6.07, 6.45) is 8.16. The third kappa shape index (κ3) is 4.06. The Balaban J connectivity index is 1.81. The Morgan fingerprint density at radius 2 is 1.84 bits per heavy atom. The van der Waals surface area contributed by atoms with Crippen molar-refractivity contribution in [1.29, 1.82) is 0 Å². The molecule has 0 bridgehead atoms. The van der Waals surface area contributed by atoms with Crippen LogP contribution in [0.5, 0.6) is 0 Å². The van der Waals surface area contributed by atoms with Gasteiger partial charge in [0.15, 0.2) is 9.84 Å². The Kier molecular flexibility index (Phi) is 5.49. The van der Waals surface area contributed by atoms with Gasteiger partial charge >= 0.3 is 0 Å². The summed E-state index contributed by atoms with van der Waals surface area (Å²) in [7, 11) is -3.23. The summed E-state index contributed by atoms with van der Waals surface area (Å²) in [6.45, 7) is 1.33. The highest BCUT2D eigenvalue weighted by Crippen LogP contribution is 2.40. The quantitative estimate of drug-likeness (QED) is 0.870. The van der Waals surface area contributed by atoms with Gasteiger partial charge in [0.2, 0.25) is 5.91 Å². The van der Waals surface area contributed by atoms with Gasteiger partial charge in [0.05, 0.1) is 16.4 Å². The molecule has 1 heterocycles. The molecule has 1 saturated heterocycles. The molecule has 0 radical (unpaired) electrons. The largest absolute Gasteiger partial charge is 0.376 e. The lowest BCUT2D eigenvalue weighted by Crippen LogP contribution is -2.47. The van der Waals surface area contributed by atoms with Gasteiger partial charge in [-0.1, -0.05) is 31.4 Å². The van der Waals surface area contributed by atoms with Gasteiger partial charge in [-0.2, -0.15) is 0 Å². The standard InChI is InChI=1S/C19H27NO4S/c1-25(22,23)17-9-7-15(8-10-17)19(11-3-2-4-12-19)18(21)20-14-16-6-5-13-24-16/h7-10,16H,2-6,11-14H2,1H3,(H,20,21)/t16-/m1/s1. The van der Waals surface area contributed by atoms with Crippen LogP contribution >= 0.6 is 0 Å². The van der Waals surface area contributed by atoms with Crippen molar-refractivity contribution in [2.24, 2.45) is 0 Å². The lowest BCUT2D eigenvalue weighted by Gasteiger charge is -2.36. The van der Waals surface area contributed by atoms with Gasteiger partial charge in [-0.3, -0.25) is 4.79 Å². The molecule has 1 saturated carbocycles. The number of hydrogen-bond acceptors (Lipinski definition) is 4. The molecule has 2 aliphatic rings. The number of ether oxygens (including phenoxy) is 1. The molecular weight excluding hydrogens is 338 g/mol. The minimum absolute atomic E-state index is 0.0507. The maximum Gasteiger partial charge on any atom is 0.230 e. The Bertz CT molecular complexity index is 699. The number of benzene rings is 1. The van der Waals surface area contributed by atoms with E-state index in [1.54, 1.807) is 12.1 Å². The number of rotatable bonds is 5. The van der Waals surface area contributed by atoms with Crippen molar-refractivity contribution in [3.8, 4) is 0 Å². The van der Waals surface area contributed by atoms with Crippen LogP contribution in [0.3, 0.4) is 0 Å². The molecule has 2 fully saturated rings. The zero-order valence-corrected chi connectivity index (χ0v) is 15.6. The molecule has 0 unspecified atom stereocenters. The molecule has 1 N–H and O–H groups in total. The highest BCUT2D eigenvalue weighted by Gasteiger charge is 2.41. The fourth-order valence-electron chi connectivity index (χ4n) is 4.00. The minimum Gasteiger partial charge on any atom is -0.376 e. The predicted octanol–water partition coefficient (Wildman–Crippen LogP) is 2.59. The van der Waals surface area contributed by atoms with Gasteiger partial charge in [-0.15, -0.1) is 0 Å². The third-order valence-corrected chi connectivity index (χ3v) is 6.62. The first-order valence-corrected chi connectivity index (χ1v) is 11.0. The summed E-state index contributed by atoms with van der Waals surface area (Å²) in [6, 6.07) is 6.86. The average molecular weight is 365 g/mol. The van der Waals surface area contributed by atoms with Crippen molar-refractivity contribution in [1.82, 2.24) is 5.32 Å². The van der Waals surface area contributed by atoms with E-state index in [0.29, 0.717) is 11.4 Å². The Labute approximate surface area is 150 Å². The molecule has 1 aliphatic heterocycles. The monoisotopic (exact) mass is 365 g/mol. The lowest BCUT2D eigenvalue weighted by atomic mass is 9.68. The van der Waals surface area contributed by atoms with E-state index in [9.17, 15) is 13.2 Å². The summed E-state index contributed by atoms with van der Waals surface area (Å²) < 4.78 is 29.0. The molecule has 1 aromatic carbocycles. The highest BCUT2D eigenvalue weighted by molar-refractivity contribution is 7.90. The number of sulfone groups is 1. The van der Waals surface area contributed by atoms with Crippen LogP contribution in [0.2, 0.25) is 0 Å². The molecule has 1 amide bonds. The van der Waals surface area contributed by atoms with Crippen LogP contribution in [0.15, 0.2) is 29.2 Å². The third-order valence-electron chi connectivity index (χ3n) is 5.49. The van der Waals surface area contributed by atoms with E-state index in [2.05, 4.69) is 5.32 Å². The molecule has 1 aromatic rings. The first kappa shape index (κ1) is 18.4. The van der Waals surface area contributed by atoms with Gasteiger partial charge in [-0.05, 0) is 43.4 Å². The van der Waals surface area contributed by atoms with E-state index >= 15 is 0 Å². The Morgan fingerprint density at radius 1 is 1.16 bits per heavy atom. The number of amides is 1. The van der Waals surface area contributed by atoms with Crippen molar-refractivity contribution < 1.29 is 17.9 Å². The molecule has 3 rings (SSSR count). The maximum absolute atomic E-state index is 13.1. The van der Waals surface area contributed by atoms with Gasteiger partial charge in [0, 0.05) is 19.4 Å². The first-order chi connectivity index (χ1) is 11.9. The average Bonchev–Trinajstić information content (AvgIpc) is 3.13. The zero-order chi connectivity index (χ0) is 17.9. The second-order valence-electron chi connectivity index (χ2n) is 7.28. The number of carbonyl (C=O) groups is 1. The van der Waals surface area contributed by atoms with Gasteiger partial charge in [0.25, 0.3) is 0 Å².